The molecule has 1 aromatic carbocycles. The molecule has 0 saturated carbocycles. The SMILES string of the molecule is CCNC(=NCC(C)(C)CCS(C)(=O)=O)NCCCSc1ccc(F)cc1. The van der Waals surface area contributed by atoms with Crippen LogP contribution in [0.5, 0.6) is 0 Å². The summed E-state index contributed by atoms with van der Waals surface area (Å²) < 4.78 is 35.6. The molecule has 27 heavy (non-hydrogen) atoms. The molecular formula is C19H32FN3O2S2. The van der Waals surface area contributed by atoms with E-state index >= 15 is 0 Å². The summed E-state index contributed by atoms with van der Waals surface area (Å²) in [5.41, 5.74) is -0.177. The molecule has 0 heterocycles. The van der Waals surface area contributed by atoms with Crippen LogP contribution in [0.3, 0.4) is 0 Å². The first-order valence-electron chi connectivity index (χ1n) is 9.19. The summed E-state index contributed by atoms with van der Waals surface area (Å²) in [6.45, 7) is 8.18. The van der Waals surface area contributed by atoms with Crippen molar-refractivity contribution >= 4 is 27.6 Å². The molecule has 0 aliphatic carbocycles. The van der Waals surface area contributed by atoms with E-state index in [4.69, 9.17) is 0 Å². The van der Waals surface area contributed by atoms with Gasteiger partial charge in [-0.25, -0.2) is 12.8 Å². The van der Waals surface area contributed by atoms with Crippen molar-refractivity contribution in [3.63, 3.8) is 0 Å². The number of nitrogens with one attached hydrogen (secondary N) is 2. The van der Waals surface area contributed by atoms with Crippen molar-refractivity contribution in [1.82, 2.24) is 10.6 Å². The van der Waals surface area contributed by atoms with Crippen molar-refractivity contribution < 1.29 is 12.8 Å². The number of hydrogen-bond acceptors (Lipinski definition) is 4. The molecule has 0 bridgehead atoms. The fourth-order valence-electron chi connectivity index (χ4n) is 2.18. The lowest BCUT2D eigenvalue weighted by atomic mass is 9.90. The molecule has 1 rings (SSSR count). The highest BCUT2D eigenvalue weighted by atomic mass is 32.2. The summed E-state index contributed by atoms with van der Waals surface area (Å²) in [6.07, 6.45) is 2.80. The molecule has 154 valence electrons. The van der Waals surface area contributed by atoms with E-state index in [0.717, 1.165) is 36.1 Å². The molecule has 1 aromatic rings. The van der Waals surface area contributed by atoms with Crippen LogP contribution in [0, 0.1) is 11.2 Å². The zero-order chi connectivity index (χ0) is 20.3. The molecule has 0 aliphatic heterocycles. The number of aliphatic imine (C=N–C) groups is 1. The van der Waals surface area contributed by atoms with Gasteiger partial charge in [0.1, 0.15) is 15.7 Å². The van der Waals surface area contributed by atoms with E-state index in [1.165, 1.54) is 18.4 Å². The third kappa shape index (κ3) is 11.9. The first-order valence-corrected chi connectivity index (χ1v) is 12.2. The Balaban J connectivity index is 2.38. The Morgan fingerprint density at radius 3 is 2.48 bits per heavy atom. The van der Waals surface area contributed by atoms with Crippen LogP contribution in [0.4, 0.5) is 4.39 Å². The minimum atomic E-state index is -2.95. The summed E-state index contributed by atoms with van der Waals surface area (Å²) in [7, 11) is -2.95. The molecule has 0 saturated heterocycles. The zero-order valence-electron chi connectivity index (χ0n) is 16.7. The highest BCUT2D eigenvalue weighted by Gasteiger charge is 2.20. The average Bonchev–Trinajstić information content (AvgIpc) is 2.59. The number of benzene rings is 1. The smallest absolute Gasteiger partial charge is 0.191 e. The first kappa shape index (κ1) is 23.8. The molecule has 0 fully saturated rings. The summed E-state index contributed by atoms with van der Waals surface area (Å²) in [5.74, 6) is 1.64. The third-order valence-electron chi connectivity index (χ3n) is 3.85. The molecule has 0 unspecified atom stereocenters. The van der Waals surface area contributed by atoms with Crippen molar-refractivity contribution in [2.24, 2.45) is 10.4 Å². The van der Waals surface area contributed by atoms with Crippen molar-refractivity contribution in [3.05, 3.63) is 30.1 Å². The molecular weight excluding hydrogens is 385 g/mol. The van der Waals surface area contributed by atoms with E-state index in [1.54, 1.807) is 23.9 Å². The molecule has 0 amide bonds. The van der Waals surface area contributed by atoms with Gasteiger partial charge in [-0.15, -0.1) is 11.8 Å². The normalized spacial score (nSPS) is 12.9. The van der Waals surface area contributed by atoms with Gasteiger partial charge in [-0.05, 0) is 55.2 Å². The quantitative estimate of drug-likeness (QED) is 0.250. The van der Waals surface area contributed by atoms with Crippen molar-refractivity contribution in [1.29, 1.82) is 0 Å². The fraction of sp³-hybridized carbons (Fsp3) is 0.632. The Bertz CT molecular complexity index is 689. The number of thioether (sulfide) groups is 1. The summed E-state index contributed by atoms with van der Waals surface area (Å²) >= 11 is 1.70. The van der Waals surface area contributed by atoms with Crippen LogP contribution >= 0.6 is 11.8 Å². The Morgan fingerprint density at radius 2 is 1.89 bits per heavy atom. The molecule has 0 aromatic heterocycles. The number of guanidine groups is 1. The van der Waals surface area contributed by atoms with Gasteiger partial charge in [0.2, 0.25) is 0 Å². The molecule has 8 heteroatoms. The van der Waals surface area contributed by atoms with Gasteiger partial charge in [-0.1, -0.05) is 13.8 Å². The largest absolute Gasteiger partial charge is 0.357 e. The van der Waals surface area contributed by atoms with Crippen LogP contribution < -0.4 is 10.6 Å². The molecule has 2 N–H and O–H groups in total. The second-order valence-corrected chi connectivity index (χ2v) is 10.8. The number of halogens is 1. The highest BCUT2D eigenvalue weighted by molar-refractivity contribution is 7.99. The predicted octanol–water partition coefficient (Wildman–Crippen LogP) is 3.32. The Hall–Kier alpha value is -1.28. The van der Waals surface area contributed by atoms with Gasteiger partial charge < -0.3 is 10.6 Å². The number of sulfone groups is 1. The molecule has 0 aliphatic rings. The second-order valence-electron chi connectivity index (χ2n) is 7.32. The van der Waals surface area contributed by atoms with Crippen molar-refractivity contribution in [2.45, 2.75) is 38.5 Å². The van der Waals surface area contributed by atoms with Gasteiger partial charge in [-0.2, -0.15) is 0 Å². The predicted molar refractivity (Wildman–Crippen MR) is 114 cm³/mol. The topological polar surface area (TPSA) is 70.6 Å². The highest BCUT2D eigenvalue weighted by Crippen LogP contribution is 2.21. The Kier molecular flexibility index (Phi) is 10.2. The van der Waals surface area contributed by atoms with Crippen LogP contribution in [-0.2, 0) is 9.84 Å². The van der Waals surface area contributed by atoms with Crippen LogP contribution in [0.1, 0.15) is 33.6 Å². The minimum Gasteiger partial charge on any atom is -0.357 e. The minimum absolute atomic E-state index is 0.177. The molecule has 0 radical (unpaired) electrons. The van der Waals surface area contributed by atoms with Crippen LogP contribution in [0.25, 0.3) is 0 Å². The summed E-state index contributed by atoms with van der Waals surface area (Å²) in [6, 6.07) is 6.53. The van der Waals surface area contributed by atoms with E-state index in [9.17, 15) is 12.8 Å². The van der Waals surface area contributed by atoms with Crippen LogP contribution in [0.15, 0.2) is 34.2 Å². The second kappa shape index (κ2) is 11.5. The maximum atomic E-state index is 12.9. The fourth-order valence-corrected chi connectivity index (χ4v) is 3.95. The van der Waals surface area contributed by atoms with E-state index in [2.05, 4.69) is 15.6 Å². The van der Waals surface area contributed by atoms with E-state index in [0.29, 0.717) is 13.0 Å². The van der Waals surface area contributed by atoms with Gasteiger partial charge >= 0.3 is 0 Å². The van der Waals surface area contributed by atoms with Crippen molar-refractivity contribution in [2.75, 3.05) is 37.4 Å². The van der Waals surface area contributed by atoms with Gasteiger partial charge in [0.25, 0.3) is 0 Å². The standard InChI is InChI=1S/C19H32FN3O2S2/c1-5-21-18(23-15-19(2,3)11-14-27(4,24)25)22-12-6-13-26-17-9-7-16(20)8-10-17/h7-10H,5-6,11-15H2,1-4H3,(H2,21,22,23). The molecule has 5 nitrogen and oxygen atoms in total. The van der Waals surface area contributed by atoms with E-state index in [1.807, 2.05) is 20.8 Å². The van der Waals surface area contributed by atoms with Crippen LogP contribution in [0.2, 0.25) is 0 Å². The number of hydrogen-bond donors (Lipinski definition) is 2. The van der Waals surface area contributed by atoms with Crippen LogP contribution in [-0.4, -0.2) is 51.8 Å². The lowest BCUT2D eigenvalue weighted by molar-refractivity contribution is 0.365. The Morgan fingerprint density at radius 1 is 1.22 bits per heavy atom. The Labute approximate surface area is 167 Å². The number of rotatable bonds is 11. The average molecular weight is 418 g/mol. The molecule has 0 atom stereocenters. The van der Waals surface area contributed by atoms with Gasteiger partial charge in [0, 0.05) is 30.8 Å². The summed E-state index contributed by atoms with van der Waals surface area (Å²) in [4.78, 5) is 5.66. The van der Waals surface area contributed by atoms with Gasteiger partial charge in [0.05, 0.1) is 5.75 Å². The maximum absolute atomic E-state index is 12.9. The lowest BCUT2D eigenvalue weighted by Crippen LogP contribution is -2.38. The van der Waals surface area contributed by atoms with E-state index in [-0.39, 0.29) is 17.0 Å². The van der Waals surface area contributed by atoms with Gasteiger partial charge in [-0.3, -0.25) is 4.99 Å². The summed E-state index contributed by atoms with van der Waals surface area (Å²) in [5, 5.41) is 6.52. The first-order chi connectivity index (χ1) is 12.6. The molecule has 0 spiro atoms. The lowest BCUT2D eigenvalue weighted by Gasteiger charge is -2.22. The maximum Gasteiger partial charge on any atom is 0.191 e. The third-order valence-corrected chi connectivity index (χ3v) is 5.90. The van der Waals surface area contributed by atoms with E-state index < -0.39 is 9.84 Å². The zero-order valence-corrected chi connectivity index (χ0v) is 18.4. The number of nitrogens with zero attached hydrogens (tertiary/aromatic N) is 1. The monoisotopic (exact) mass is 417 g/mol. The van der Waals surface area contributed by atoms with Crippen molar-refractivity contribution in [3.8, 4) is 0 Å². The van der Waals surface area contributed by atoms with Gasteiger partial charge in [0.15, 0.2) is 5.96 Å².